The standard InChI is InChI=1S/C23H32N4O3/c1-3-26-21(29)23(27(22(26)30)17-19-9-5-4-6-10-19)11-15-25(16-12-23)20(28)18(2)24-13-7-8-14-24/h4-6,9-10,18H,3,7-8,11-17H2,1-2H3. The van der Waals surface area contributed by atoms with E-state index in [0.29, 0.717) is 39.0 Å². The molecule has 1 aromatic rings. The summed E-state index contributed by atoms with van der Waals surface area (Å²) in [6, 6.07) is 9.48. The Morgan fingerprint density at radius 2 is 1.67 bits per heavy atom. The Morgan fingerprint density at radius 1 is 1.03 bits per heavy atom. The second-order valence-electron chi connectivity index (χ2n) is 8.68. The molecule has 1 atom stereocenters. The van der Waals surface area contributed by atoms with Crippen molar-refractivity contribution in [2.45, 2.75) is 57.7 Å². The first-order chi connectivity index (χ1) is 14.5. The Bertz CT molecular complexity index is 798. The maximum absolute atomic E-state index is 13.3. The van der Waals surface area contributed by atoms with Gasteiger partial charge in [-0.3, -0.25) is 19.4 Å². The Kier molecular flexibility index (Phi) is 5.82. The van der Waals surface area contributed by atoms with E-state index in [1.807, 2.05) is 49.1 Å². The Labute approximate surface area is 178 Å². The van der Waals surface area contributed by atoms with Crippen LogP contribution in [-0.4, -0.2) is 81.7 Å². The lowest BCUT2D eigenvalue weighted by atomic mass is 9.85. The average Bonchev–Trinajstić information content (AvgIpc) is 3.37. The minimum absolute atomic E-state index is 0.106. The van der Waals surface area contributed by atoms with E-state index < -0.39 is 5.54 Å². The lowest BCUT2D eigenvalue weighted by Gasteiger charge is -2.43. The van der Waals surface area contributed by atoms with Crippen molar-refractivity contribution in [2.24, 2.45) is 0 Å². The fourth-order valence-corrected chi connectivity index (χ4v) is 5.18. The van der Waals surface area contributed by atoms with Crippen LogP contribution in [-0.2, 0) is 16.1 Å². The van der Waals surface area contributed by atoms with Crippen LogP contribution < -0.4 is 0 Å². The molecule has 4 rings (SSSR count). The molecule has 0 N–H and O–H groups in total. The minimum Gasteiger partial charge on any atom is -0.341 e. The molecule has 3 aliphatic heterocycles. The first-order valence-electron chi connectivity index (χ1n) is 11.2. The van der Waals surface area contributed by atoms with Crippen LogP contribution in [0.25, 0.3) is 0 Å². The number of carbonyl (C=O) groups is 3. The lowest BCUT2D eigenvalue weighted by molar-refractivity contribution is -0.143. The van der Waals surface area contributed by atoms with E-state index in [9.17, 15) is 14.4 Å². The molecule has 30 heavy (non-hydrogen) atoms. The summed E-state index contributed by atoms with van der Waals surface area (Å²) in [4.78, 5) is 46.7. The molecule has 3 heterocycles. The molecule has 7 heteroatoms. The Balaban J connectivity index is 1.51. The van der Waals surface area contributed by atoms with E-state index in [1.54, 1.807) is 4.90 Å². The van der Waals surface area contributed by atoms with Gasteiger partial charge in [-0.15, -0.1) is 0 Å². The maximum Gasteiger partial charge on any atom is 0.327 e. The van der Waals surface area contributed by atoms with Crippen LogP contribution in [0.15, 0.2) is 30.3 Å². The summed E-state index contributed by atoms with van der Waals surface area (Å²) in [6.45, 7) is 7.60. The third-order valence-corrected chi connectivity index (χ3v) is 7.07. The van der Waals surface area contributed by atoms with Crippen molar-refractivity contribution in [2.75, 3.05) is 32.7 Å². The zero-order chi connectivity index (χ0) is 21.3. The number of hydrogen-bond donors (Lipinski definition) is 0. The number of likely N-dealkylation sites (N-methyl/N-ethyl adjacent to an activating group) is 1. The van der Waals surface area contributed by atoms with Gasteiger partial charge in [-0.2, -0.15) is 0 Å². The van der Waals surface area contributed by atoms with Crippen LogP contribution in [0.3, 0.4) is 0 Å². The van der Waals surface area contributed by atoms with Gasteiger partial charge in [0.1, 0.15) is 5.54 Å². The minimum atomic E-state index is -0.837. The van der Waals surface area contributed by atoms with E-state index in [2.05, 4.69) is 4.90 Å². The molecule has 162 valence electrons. The molecule has 0 aliphatic carbocycles. The van der Waals surface area contributed by atoms with E-state index >= 15 is 0 Å². The van der Waals surface area contributed by atoms with Gasteiger partial charge in [0, 0.05) is 26.2 Å². The van der Waals surface area contributed by atoms with Crippen LogP contribution in [0.1, 0.15) is 45.1 Å². The van der Waals surface area contributed by atoms with Crippen LogP contribution in [0.2, 0.25) is 0 Å². The predicted octanol–water partition coefficient (Wildman–Crippen LogP) is 2.32. The molecule has 0 saturated carbocycles. The van der Waals surface area contributed by atoms with Crippen molar-refractivity contribution in [3.05, 3.63) is 35.9 Å². The topological polar surface area (TPSA) is 64.2 Å². The molecular weight excluding hydrogens is 380 g/mol. The highest BCUT2D eigenvalue weighted by Crippen LogP contribution is 2.38. The van der Waals surface area contributed by atoms with Crippen molar-refractivity contribution >= 4 is 17.8 Å². The summed E-state index contributed by atoms with van der Waals surface area (Å²) in [6.07, 6.45) is 3.30. The number of benzene rings is 1. The molecule has 7 nitrogen and oxygen atoms in total. The quantitative estimate of drug-likeness (QED) is 0.697. The van der Waals surface area contributed by atoms with Gasteiger partial charge >= 0.3 is 6.03 Å². The Hall–Kier alpha value is -2.41. The number of hydrogen-bond acceptors (Lipinski definition) is 4. The molecule has 0 radical (unpaired) electrons. The van der Waals surface area contributed by atoms with Crippen molar-refractivity contribution in [1.82, 2.24) is 19.6 Å². The highest BCUT2D eigenvalue weighted by atomic mass is 16.2. The van der Waals surface area contributed by atoms with E-state index in [1.165, 1.54) is 4.90 Å². The van der Waals surface area contributed by atoms with Crippen molar-refractivity contribution in [3.63, 3.8) is 0 Å². The van der Waals surface area contributed by atoms with Crippen LogP contribution in [0.4, 0.5) is 4.79 Å². The fraction of sp³-hybridized carbons (Fsp3) is 0.609. The molecule has 3 saturated heterocycles. The average molecular weight is 413 g/mol. The van der Waals surface area contributed by atoms with Crippen LogP contribution >= 0.6 is 0 Å². The SMILES string of the molecule is CCN1C(=O)N(Cc2ccccc2)C2(CCN(C(=O)C(C)N3CCCC3)CC2)C1=O. The number of rotatable bonds is 5. The first-order valence-corrected chi connectivity index (χ1v) is 11.2. The summed E-state index contributed by atoms with van der Waals surface area (Å²) in [5.74, 6) is 0.0381. The number of imide groups is 1. The molecule has 0 bridgehead atoms. The number of nitrogens with zero attached hydrogens (tertiary/aromatic N) is 4. The normalized spacial score (nSPS) is 22.9. The first kappa shape index (κ1) is 20.8. The molecule has 3 aliphatic rings. The van der Waals surface area contributed by atoms with Crippen LogP contribution in [0.5, 0.6) is 0 Å². The van der Waals surface area contributed by atoms with Crippen molar-refractivity contribution < 1.29 is 14.4 Å². The van der Waals surface area contributed by atoms with Gasteiger partial charge in [0.15, 0.2) is 0 Å². The monoisotopic (exact) mass is 412 g/mol. The number of piperidine rings is 1. The molecule has 4 amide bonds. The lowest BCUT2D eigenvalue weighted by Crippen LogP contribution is -2.58. The second kappa shape index (κ2) is 8.38. The van der Waals surface area contributed by atoms with Gasteiger partial charge in [-0.25, -0.2) is 4.79 Å². The second-order valence-corrected chi connectivity index (χ2v) is 8.68. The van der Waals surface area contributed by atoms with Gasteiger partial charge in [0.25, 0.3) is 5.91 Å². The van der Waals surface area contributed by atoms with Crippen molar-refractivity contribution in [1.29, 1.82) is 0 Å². The largest absolute Gasteiger partial charge is 0.341 e. The van der Waals surface area contributed by atoms with Gasteiger partial charge < -0.3 is 9.80 Å². The third kappa shape index (κ3) is 3.49. The molecule has 1 spiro atoms. The third-order valence-electron chi connectivity index (χ3n) is 7.07. The number of urea groups is 1. The van der Waals surface area contributed by atoms with Gasteiger partial charge in [0.05, 0.1) is 6.04 Å². The maximum atomic E-state index is 13.3. The summed E-state index contributed by atoms with van der Waals surface area (Å²) in [5.41, 5.74) is 0.175. The molecule has 3 fully saturated rings. The number of amides is 4. The van der Waals surface area contributed by atoms with Crippen LogP contribution in [0, 0.1) is 0 Å². The highest BCUT2D eigenvalue weighted by molar-refractivity contribution is 6.07. The van der Waals surface area contributed by atoms with Gasteiger partial charge in [0.2, 0.25) is 5.91 Å². The summed E-state index contributed by atoms with van der Waals surface area (Å²) in [5, 5.41) is 0. The molecule has 1 aromatic carbocycles. The summed E-state index contributed by atoms with van der Waals surface area (Å²) < 4.78 is 0. The fourth-order valence-electron chi connectivity index (χ4n) is 5.18. The van der Waals surface area contributed by atoms with E-state index in [0.717, 1.165) is 31.5 Å². The molecular formula is C23H32N4O3. The van der Waals surface area contributed by atoms with Gasteiger partial charge in [-0.1, -0.05) is 30.3 Å². The van der Waals surface area contributed by atoms with Crippen molar-refractivity contribution in [3.8, 4) is 0 Å². The predicted molar refractivity (Wildman–Crippen MR) is 114 cm³/mol. The number of carbonyl (C=O) groups excluding carboxylic acids is 3. The summed E-state index contributed by atoms with van der Waals surface area (Å²) >= 11 is 0. The number of likely N-dealkylation sites (tertiary alicyclic amines) is 2. The zero-order valence-corrected chi connectivity index (χ0v) is 18.0. The highest BCUT2D eigenvalue weighted by Gasteiger charge is 2.57. The Morgan fingerprint density at radius 3 is 2.27 bits per heavy atom. The molecule has 1 unspecified atom stereocenters. The van der Waals surface area contributed by atoms with Gasteiger partial charge in [-0.05, 0) is 58.2 Å². The summed E-state index contributed by atoms with van der Waals surface area (Å²) in [7, 11) is 0. The van der Waals surface area contributed by atoms with E-state index in [-0.39, 0.29) is 23.9 Å². The van der Waals surface area contributed by atoms with E-state index in [4.69, 9.17) is 0 Å². The zero-order valence-electron chi connectivity index (χ0n) is 18.0. The molecule has 0 aromatic heterocycles. The smallest absolute Gasteiger partial charge is 0.327 e.